The number of halogens is 1. The van der Waals surface area contributed by atoms with Gasteiger partial charge in [-0.25, -0.2) is 9.87 Å². The molecule has 1 aromatic rings. The Labute approximate surface area is 123 Å². The number of rotatable bonds is 3. The van der Waals surface area contributed by atoms with E-state index in [4.69, 9.17) is 5.21 Å². The zero-order valence-electron chi connectivity index (χ0n) is 12.2. The Morgan fingerprint density at radius 1 is 1.48 bits per heavy atom. The molecule has 1 saturated carbocycles. The molecule has 1 aliphatic heterocycles. The second-order valence-electron chi connectivity index (χ2n) is 6.06. The molecule has 0 aromatic heterocycles. The maximum Gasteiger partial charge on any atom is 0.274 e. The fourth-order valence-electron chi connectivity index (χ4n) is 3.46. The van der Waals surface area contributed by atoms with E-state index in [9.17, 15) is 9.18 Å². The van der Waals surface area contributed by atoms with Gasteiger partial charge in [-0.05, 0) is 48.9 Å². The summed E-state index contributed by atoms with van der Waals surface area (Å²) in [7, 11) is 0. The van der Waals surface area contributed by atoms with Crippen molar-refractivity contribution in [1.29, 1.82) is 0 Å². The van der Waals surface area contributed by atoms with E-state index < -0.39 is 5.91 Å². The van der Waals surface area contributed by atoms with Crippen molar-refractivity contribution in [3.63, 3.8) is 0 Å². The second kappa shape index (κ2) is 5.73. The zero-order chi connectivity index (χ0) is 15.0. The SMILES string of the molecule is CC[C@@H]1Cc2c(F)cc(C(=O)NO)cc2CN1C1CCC1. The van der Waals surface area contributed by atoms with E-state index in [1.165, 1.54) is 25.3 Å². The number of amides is 1. The molecule has 1 aromatic carbocycles. The number of benzene rings is 1. The van der Waals surface area contributed by atoms with Crippen LogP contribution >= 0.6 is 0 Å². The van der Waals surface area contributed by atoms with E-state index in [0.29, 0.717) is 25.0 Å². The Kier molecular flexibility index (Phi) is 3.95. The molecule has 1 heterocycles. The van der Waals surface area contributed by atoms with Gasteiger partial charge in [-0.15, -0.1) is 0 Å². The number of carbonyl (C=O) groups is 1. The number of hydrogen-bond donors (Lipinski definition) is 2. The summed E-state index contributed by atoms with van der Waals surface area (Å²) in [6.45, 7) is 2.84. The van der Waals surface area contributed by atoms with Crippen LogP contribution in [0.15, 0.2) is 12.1 Å². The van der Waals surface area contributed by atoms with Crippen LogP contribution in [0.2, 0.25) is 0 Å². The van der Waals surface area contributed by atoms with Gasteiger partial charge in [-0.3, -0.25) is 14.9 Å². The van der Waals surface area contributed by atoms with Gasteiger partial charge in [-0.1, -0.05) is 13.3 Å². The Balaban J connectivity index is 1.94. The van der Waals surface area contributed by atoms with Crippen molar-refractivity contribution in [2.45, 2.75) is 57.7 Å². The van der Waals surface area contributed by atoms with Gasteiger partial charge in [-0.2, -0.15) is 0 Å². The van der Waals surface area contributed by atoms with Crippen molar-refractivity contribution < 1.29 is 14.4 Å². The van der Waals surface area contributed by atoms with E-state index in [2.05, 4.69) is 11.8 Å². The molecule has 5 heteroatoms. The first-order valence-electron chi connectivity index (χ1n) is 7.65. The summed E-state index contributed by atoms with van der Waals surface area (Å²) in [5.41, 5.74) is 3.36. The van der Waals surface area contributed by atoms with Crippen LogP contribution in [0.5, 0.6) is 0 Å². The highest BCUT2D eigenvalue weighted by atomic mass is 19.1. The number of fused-ring (bicyclic) bond motifs is 1. The molecule has 21 heavy (non-hydrogen) atoms. The quantitative estimate of drug-likeness (QED) is 0.665. The normalized spacial score (nSPS) is 22.5. The molecule has 1 amide bonds. The lowest BCUT2D eigenvalue weighted by atomic mass is 9.84. The molecule has 1 aliphatic carbocycles. The standard InChI is InChI=1S/C16H21FN2O2/c1-2-12-8-14-11(9-19(12)13-4-3-5-13)6-10(7-15(14)17)16(20)18-21/h6-7,12-13,21H,2-5,8-9H2,1H3,(H,18,20)/t12-/m1/s1. The lowest BCUT2D eigenvalue weighted by Gasteiger charge is -2.45. The second-order valence-corrected chi connectivity index (χ2v) is 6.06. The summed E-state index contributed by atoms with van der Waals surface area (Å²) >= 11 is 0. The number of nitrogens with one attached hydrogen (secondary N) is 1. The fraction of sp³-hybridized carbons (Fsp3) is 0.562. The number of hydroxylamine groups is 1. The lowest BCUT2D eigenvalue weighted by Crippen LogP contribution is -2.49. The third kappa shape index (κ3) is 2.56. The molecule has 0 unspecified atom stereocenters. The summed E-state index contributed by atoms with van der Waals surface area (Å²) in [5, 5.41) is 8.72. The Morgan fingerprint density at radius 3 is 2.81 bits per heavy atom. The summed E-state index contributed by atoms with van der Waals surface area (Å²) in [4.78, 5) is 14.0. The third-order valence-electron chi connectivity index (χ3n) is 4.93. The highest BCUT2D eigenvalue weighted by molar-refractivity contribution is 5.93. The van der Waals surface area contributed by atoms with Crippen LogP contribution in [0.4, 0.5) is 4.39 Å². The average Bonchev–Trinajstić information content (AvgIpc) is 2.44. The maximum atomic E-state index is 14.3. The van der Waals surface area contributed by atoms with Crippen molar-refractivity contribution in [3.05, 3.63) is 34.6 Å². The molecule has 0 spiro atoms. The molecule has 1 fully saturated rings. The Morgan fingerprint density at radius 2 is 2.24 bits per heavy atom. The van der Waals surface area contributed by atoms with Gasteiger partial charge in [0.25, 0.3) is 5.91 Å². The monoisotopic (exact) mass is 292 g/mol. The molecule has 114 valence electrons. The van der Waals surface area contributed by atoms with E-state index in [1.807, 2.05) is 0 Å². The van der Waals surface area contributed by atoms with Gasteiger partial charge >= 0.3 is 0 Å². The van der Waals surface area contributed by atoms with Crippen LogP contribution in [0.25, 0.3) is 0 Å². The van der Waals surface area contributed by atoms with Crippen molar-refractivity contribution >= 4 is 5.91 Å². The molecule has 0 radical (unpaired) electrons. The van der Waals surface area contributed by atoms with E-state index >= 15 is 0 Å². The smallest absolute Gasteiger partial charge is 0.274 e. The zero-order valence-corrected chi connectivity index (χ0v) is 12.2. The van der Waals surface area contributed by atoms with E-state index in [-0.39, 0.29) is 11.4 Å². The van der Waals surface area contributed by atoms with Gasteiger partial charge < -0.3 is 0 Å². The highest BCUT2D eigenvalue weighted by Crippen LogP contribution is 2.35. The van der Waals surface area contributed by atoms with E-state index in [1.54, 1.807) is 11.5 Å². The average molecular weight is 292 g/mol. The molecule has 2 aliphatic rings. The fourth-order valence-corrected chi connectivity index (χ4v) is 3.46. The largest absolute Gasteiger partial charge is 0.293 e. The maximum absolute atomic E-state index is 14.3. The van der Waals surface area contributed by atoms with E-state index in [0.717, 1.165) is 17.5 Å². The topological polar surface area (TPSA) is 52.6 Å². The molecule has 4 nitrogen and oxygen atoms in total. The lowest BCUT2D eigenvalue weighted by molar-refractivity contribution is 0.0589. The summed E-state index contributed by atoms with van der Waals surface area (Å²) in [5.74, 6) is -0.998. The minimum absolute atomic E-state index is 0.178. The summed E-state index contributed by atoms with van der Waals surface area (Å²) in [6.07, 6.45) is 5.41. The van der Waals surface area contributed by atoms with Gasteiger partial charge in [0, 0.05) is 24.2 Å². The molecule has 1 atom stereocenters. The van der Waals surface area contributed by atoms with Gasteiger partial charge in [0.1, 0.15) is 5.82 Å². The molecule has 3 rings (SSSR count). The van der Waals surface area contributed by atoms with Crippen LogP contribution in [-0.2, 0) is 13.0 Å². The number of nitrogens with zero attached hydrogens (tertiary/aromatic N) is 1. The summed E-state index contributed by atoms with van der Waals surface area (Å²) < 4.78 is 14.3. The Bertz CT molecular complexity index is 557. The van der Waals surface area contributed by atoms with Gasteiger partial charge in [0.15, 0.2) is 0 Å². The molecule has 2 N–H and O–H groups in total. The molecule has 0 bridgehead atoms. The summed E-state index contributed by atoms with van der Waals surface area (Å²) in [6, 6.07) is 3.91. The van der Waals surface area contributed by atoms with Gasteiger partial charge in [0.05, 0.1) is 0 Å². The van der Waals surface area contributed by atoms with Crippen LogP contribution in [0.3, 0.4) is 0 Å². The number of carbonyl (C=O) groups excluding carboxylic acids is 1. The first-order chi connectivity index (χ1) is 10.1. The number of hydrogen-bond acceptors (Lipinski definition) is 3. The van der Waals surface area contributed by atoms with Crippen molar-refractivity contribution in [1.82, 2.24) is 10.4 Å². The molecular weight excluding hydrogens is 271 g/mol. The van der Waals surface area contributed by atoms with Crippen LogP contribution in [0, 0.1) is 5.82 Å². The Hall–Kier alpha value is -1.46. The molecular formula is C16H21FN2O2. The van der Waals surface area contributed by atoms with Crippen LogP contribution in [-0.4, -0.2) is 28.1 Å². The predicted octanol–water partition coefficient (Wildman–Crippen LogP) is 2.63. The highest BCUT2D eigenvalue weighted by Gasteiger charge is 2.34. The van der Waals surface area contributed by atoms with Crippen molar-refractivity contribution in [3.8, 4) is 0 Å². The predicted molar refractivity (Wildman–Crippen MR) is 76.6 cm³/mol. The van der Waals surface area contributed by atoms with Crippen LogP contribution < -0.4 is 5.48 Å². The minimum atomic E-state index is -0.662. The third-order valence-corrected chi connectivity index (χ3v) is 4.93. The first-order valence-corrected chi connectivity index (χ1v) is 7.65. The van der Waals surface area contributed by atoms with Crippen molar-refractivity contribution in [2.24, 2.45) is 0 Å². The first kappa shape index (κ1) is 14.5. The van der Waals surface area contributed by atoms with Gasteiger partial charge in [0.2, 0.25) is 0 Å². The molecule has 0 saturated heterocycles. The van der Waals surface area contributed by atoms with Crippen LogP contribution in [0.1, 0.15) is 54.1 Å². The minimum Gasteiger partial charge on any atom is -0.293 e. The van der Waals surface area contributed by atoms with Crippen molar-refractivity contribution in [2.75, 3.05) is 0 Å².